The van der Waals surface area contributed by atoms with Gasteiger partial charge >= 0.3 is 0 Å². The van der Waals surface area contributed by atoms with E-state index in [1.807, 2.05) is 0 Å². The third kappa shape index (κ3) is 3.32. The SMILES string of the molecule is CCCNC(C=C(C)C)C1(c2ccccc2)CCCC1. The molecule has 0 amide bonds. The Morgan fingerprint density at radius 1 is 1.20 bits per heavy atom. The molecule has 0 radical (unpaired) electrons. The van der Waals surface area contributed by atoms with E-state index in [0.29, 0.717) is 11.5 Å². The molecule has 1 heteroatoms. The summed E-state index contributed by atoms with van der Waals surface area (Å²) < 4.78 is 0. The van der Waals surface area contributed by atoms with Crippen LogP contribution in [0.1, 0.15) is 58.4 Å². The molecule has 0 heterocycles. The number of hydrogen-bond donors (Lipinski definition) is 1. The van der Waals surface area contributed by atoms with Gasteiger partial charge in [-0.15, -0.1) is 0 Å². The Balaban J connectivity index is 2.35. The van der Waals surface area contributed by atoms with Crippen molar-refractivity contribution in [2.45, 2.75) is 64.3 Å². The summed E-state index contributed by atoms with van der Waals surface area (Å²) in [5.41, 5.74) is 3.23. The highest BCUT2D eigenvalue weighted by molar-refractivity contribution is 5.32. The fourth-order valence-electron chi connectivity index (χ4n) is 3.60. The van der Waals surface area contributed by atoms with Crippen LogP contribution in [0, 0.1) is 0 Å². The van der Waals surface area contributed by atoms with Crippen molar-refractivity contribution in [3.05, 3.63) is 47.5 Å². The number of benzene rings is 1. The van der Waals surface area contributed by atoms with E-state index in [9.17, 15) is 0 Å². The first kappa shape index (κ1) is 15.3. The molecule has 1 nitrogen and oxygen atoms in total. The average Bonchev–Trinajstić information content (AvgIpc) is 2.95. The summed E-state index contributed by atoms with van der Waals surface area (Å²) in [5, 5.41) is 3.81. The van der Waals surface area contributed by atoms with E-state index in [1.165, 1.54) is 43.2 Å². The lowest BCUT2D eigenvalue weighted by Crippen LogP contribution is -2.46. The second kappa shape index (κ2) is 7.08. The van der Waals surface area contributed by atoms with E-state index in [1.54, 1.807) is 0 Å². The first-order valence-corrected chi connectivity index (χ1v) is 8.13. The van der Waals surface area contributed by atoms with Gasteiger partial charge in [0, 0.05) is 11.5 Å². The summed E-state index contributed by atoms with van der Waals surface area (Å²) >= 11 is 0. The molecule has 0 spiro atoms. The van der Waals surface area contributed by atoms with Gasteiger partial charge in [0.05, 0.1) is 0 Å². The van der Waals surface area contributed by atoms with Crippen LogP contribution in [-0.4, -0.2) is 12.6 Å². The molecule has 20 heavy (non-hydrogen) atoms. The first-order valence-electron chi connectivity index (χ1n) is 8.13. The molecule has 0 aromatic heterocycles. The van der Waals surface area contributed by atoms with Gasteiger partial charge in [0.25, 0.3) is 0 Å². The first-order chi connectivity index (χ1) is 9.69. The van der Waals surface area contributed by atoms with Crippen LogP contribution in [0.25, 0.3) is 0 Å². The molecule has 0 saturated heterocycles. The van der Waals surface area contributed by atoms with Gasteiger partial charge in [0.1, 0.15) is 0 Å². The van der Waals surface area contributed by atoms with Crippen molar-refractivity contribution in [1.82, 2.24) is 5.32 Å². The minimum atomic E-state index is 0.299. The lowest BCUT2D eigenvalue weighted by atomic mass is 9.72. The number of nitrogens with one attached hydrogen (secondary N) is 1. The van der Waals surface area contributed by atoms with Crippen molar-refractivity contribution in [2.24, 2.45) is 0 Å². The molecule has 2 rings (SSSR count). The molecule has 1 saturated carbocycles. The minimum Gasteiger partial charge on any atom is -0.310 e. The van der Waals surface area contributed by atoms with E-state index < -0.39 is 0 Å². The number of allylic oxidation sites excluding steroid dienone is 1. The maximum atomic E-state index is 3.81. The maximum Gasteiger partial charge on any atom is 0.0349 e. The second-order valence-corrected chi connectivity index (χ2v) is 6.41. The number of rotatable bonds is 6. The molecule has 0 aliphatic heterocycles. The Bertz CT molecular complexity index is 422. The van der Waals surface area contributed by atoms with Gasteiger partial charge in [-0.05, 0) is 45.2 Å². The molecule has 1 atom stereocenters. The van der Waals surface area contributed by atoms with Crippen LogP contribution in [0.3, 0.4) is 0 Å². The van der Waals surface area contributed by atoms with Crippen LogP contribution in [0.2, 0.25) is 0 Å². The molecule has 1 unspecified atom stereocenters. The van der Waals surface area contributed by atoms with Crippen LogP contribution in [0.5, 0.6) is 0 Å². The predicted molar refractivity (Wildman–Crippen MR) is 88.1 cm³/mol. The number of hydrogen-bond acceptors (Lipinski definition) is 1. The Morgan fingerprint density at radius 2 is 1.85 bits per heavy atom. The van der Waals surface area contributed by atoms with Gasteiger partial charge < -0.3 is 5.32 Å². The van der Waals surface area contributed by atoms with Crippen molar-refractivity contribution in [1.29, 1.82) is 0 Å². The highest BCUT2D eigenvalue weighted by Gasteiger charge is 2.41. The third-order valence-corrected chi connectivity index (χ3v) is 4.55. The highest BCUT2D eigenvalue weighted by atomic mass is 14.9. The molecule has 0 bridgehead atoms. The van der Waals surface area contributed by atoms with E-state index >= 15 is 0 Å². The largest absolute Gasteiger partial charge is 0.310 e. The van der Waals surface area contributed by atoms with Gasteiger partial charge in [0.2, 0.25) is 0 Å². The highest BCUT2D eigenvalue weighted by Crippen LogP contribution is 2.44. The summed E-state index contributed by atoms with van der Waals surface area (Å²) in [7, 11) is 0. The molecule has 110 valence electrons. The summed E-state index contributed by atoms with van der Waals surface area (Å²) in [4.78, 5) is 0. The Morgan fingerprint density at radius 3 is 2.40 bits per heavy atom. The summed E-state index contributed by atoms with van der Waals surface area (Å²) in [6.07, 6.45) is 8.97. The van der Waals surface area contributed by atoms with E-state index in [4.69, 9.17) is 0 Å². The second-order valence-electron chi connectivity index (χ2n) is 6.41. The molecule has 1 aromatic rings. The van der Waals surface area contributed by atoms with Crippen LogP contribution in [0.4, 0.5) is 0 Å². The molecule has 1 fully saturated rings. The third-order valence-electron chi connectivity index (χ3n) is 4.55. The van der Waals surface area contributed by atoms with Crippen molar-refractivity contribution in [2.75, 3.05) is 6.54 Å². The lowest BCUT2D eigenvalue weighted by Gasteiger charge is -2.38. The summed E-state index contributed by atoms with van der Waals surface area (Å²) in [5.74, 6) is 0. The van der Waals surface area contributed by atoms with Crippen molar-refractivity contribution >= 4 is 0 Å². The Hall–Kier alpha value is -1.08. The molecule has 1 N–H and O–H groups in total. The monoisotopic (exact) mass is 271 g/mol. The summed E-state index contributed by atoms with van der Waals surface area (Å²) in [6.45, 7) is 7.78. The maximum absolute atomic E-state index is 3.81. The molecule has 1 aliphatic rings. The van der Waals surface area contributed by atoms with Gasteiger partial charge in [-0.25, -0.2) is 0 Å². The quantitative estimate of drug-likeness (QED) is 0.731. The Labute approximate surface area is 124 Å². The van der Waals surface area contributed by atoms with E-state index in [0.717, 1.165) is 6.54 Å². The van der Waals surface area contributed by atoms with Crippen molar-refractivity contribution < 1.29 is 0 Å². The van der Waals surface area contributed by atoms with Gasteiger partial charge in [-0.2, -0.15) is 0 Å². The fourth-order valence-corrected chi connectivity index (χ4v) is 3.60. The predicted octanol–water partition coefficient (Wildman–Crippen LogP) is 4.83. The minimum absolute atomic E-state index is 0.299. The standard InChI is InChI=1S/C19H29N/c1-4-14-20-18(15-16(2)3)19(12-8-9-13-19)17-10-6-5-7-11-17/h5-7,10-11,15,18,20H,4,8-9,12-14H2,1-3H3. The van der Waals surface area contributed by atoms with E-state index in [-0.39, 0.29) is 0 Å². The average molecular weight is 271 g/mol. The van der Waals surface area contributed by atoms with Crippen LogP contribution < -0.4 is 5.32 Å². The normalized spacial score (nSPS) is 18.8. The van der Waals surface area contributed by atoms with Crippen molar-refractivity contribution in [3.8, 4) is 0 Å². The van der Waals surface area contributed by atoms with Crippen molar-refractivity contribution in [3.63, 3.8) is 0 Å². The zero-order chi connectivity index (χ0) is 14.4. The Kier molecular flexibility index (Phi) is 5.42. The molecule has 1 aromatic carbocycles. The molecule has 1 aliphatic carbocycles. The lowest BCUT2D eigenvalue weighted by molar-refractivity contribution is 0.340. The van der Waals surface area contributed by atoms with Gasteiger partial charge in [-0.3, -0.25) is 0 Å². The fraction of sp³-hybridized carbons (Fsp3) is 0.579. The summed E-state index contributed by atoms with van der Waals surface area (Å²) in [6, 6.07) is 11.6. The van der Waals surface area contributed by atoms with Crippen LogP contribution in [-0.2, 0) is 5.41 Å². The molecular formula is C19H29N. The van der Waals surface area contributed by atoms with E-state index in [2.05, 4.69) is 62.5 Å². The topological polar surface area (TPSA) is 12.0 Å². The smallest absolute Gasteiger partial charge is 0.0349 e. The van der Waals surface area contributed by atoms with Crippen LogP contribution in [0.15, 0.2) is 42.0 Å². The zero-order valence-corrected chi connectivity index (χ0v) is 13.3. The van der Waals surface area contributed by atoms with Crippen LogP contribution >= 0.6 is 0 Å². The van der Waals surface area contributed by atoms with Gasteiger partial charge in [0.15, 0.2) is 0 Å². The molecular weight excluding hydrogens is 242 g/mol. The van der Waals surface area contributed by atoms with Gasteiger partial charge in [-0.1, -0.05) is 61.7 Å². The zero-order valence-electron chi connectivity index (χ0n) is 13.3.